The Bertz CT molecular complexity index is 440. The summed E-state index contributed by atoms with van der Waals surface area (Å²) in [7, 11) is 0. The van der Waals surface area contributed by atoms with Crippen LogP contribution in [0.2, 0.25) is 0 Å². The molecule has 0 spiro atoms. The number of benzene rings is 2. The molecule has 2 aromatic carbocycles. The molecular weight excluding hydrogens is 202 g/mol. The third-order valence-electron chi connectivity index (χ3n) is 2.07. The van der Waals surface area contributed by atoms with Crippen molar-refractivity contribution in [1.29, 1.82) is 0 Å². The first-order valence-corrected chi connectivity index (χ1v) is 4.78. The minimum absolute atomic E-state index is 0. The van der Waals surface area contributed by atoms with E-state index >= 15 is 0 Å². The molecule has 0 saturated carbocycles. The molecule has 0 saturated heterocycles. The van der Waals surface area contributed by atoms with Crippen LogP contribution >= 0.6 is 0 Å². The molecule has 0 fully saturated rings. The van der Waals surface area contributed by atoms with Gasteiger partial charge in [-0.3, -0.25) is 4.79 Å². The van der Waals surface area contributed by atoms with E-state index in [1.165, 1.54) is 0 Å². The van der Waals surface area contributed by atoms with Gasteiger partial charge in [0.15, 0.2) is 0 Å². The SMILES string of the molecule is O.O=C(Nc1ccccc1)c1ccccc1. The maximum Gasteiger partial charge on any atom is 0.255 e. The molecular formula is C13H13NO2. The van der Waals surface area contributed by atoms with Crippen molar-refractivity contribution in [2.24, 2.45) is 0 Å². The van der Waals surface area contributed by atoms with Gasteiger partial charge in [-0.05, 0) is 24.3 Å². The summed E-state index contributed by atoms with van der Waals surface area (Å²) in [5, 5.41) is 2.82. The topological polar surface area (TPSA) is 60.6 Å². The Hall–Kier alpha value is -2.13. The Morgan fingerprint density at radius 3 is 1.88 bits per heavy atom. The van der Waals surface area contributed by atoms with E-state index in [9.17, 15) is 4.79 Å². The molecule has 0 unspecified atom stereocenters. The molecule has 0 aliphatic carbocycles. The van der Waals surface area contributed by atoms with Gasteiger partial charge in [-0.2, -0.15) is 0 Å². The van der Waals surface area contributed by atoms with E-state index in [4.69, 9.17) is 0 Å². The average Bonchev–Trinajstić information content (AvgIpc) is 2.31. The summed E-state index contributed by atoms with van der Waals surface area (Å²) in [6, 6.07) is 18.6. The van der Waals surface area contributed by atoms with Crippen LogP contribution in [-0.4, -0.2) is 11.4 Å². The van der Waals surface area contributed by atoms with E-state index in [-0.39, 0.29) is 11.4 Å². The molecule has 3 nitrogen and oxygen atoms in total. The third kappa shape index (κ3) is 2.93. The Labute approximate surface area is 94.0 Å². The monoisotopic (exact) mass is 215 g/mol. The standard InChI is InChI=1S/C13H11NO.H2O/c15-13(11-7-3-1-4-8-11)14-12-9-5-2-6-10-12;/h1-10H,(H,14,15);1H2. The van der Waals surface area contributed by atoms with Crippen molar-refractivity contribution < 1.29 is 10.3 Å². The van der Waals surface area contributed by atoms with Crippen LogP contribution in [0.15, 0.2) is 60.7 Å². The van der Waals surface area contributed by atoms with Crippen LogP contribution in [0, 0.1) is 0 Å². The molecule has 16 heavy (non-hydrogen) atoms. The summed E-state index contributed by atoms with van der Waals surface area (Å²) < 4.78 is 0. The van der Waals surface area contributed by atoms with Crippen LogP contribution in [-0.2, 0) is 0 Å². The van der Waals surface area contributed by atoms with Crippen LogP contribution in [0.4, 0.5) is 5.69 Å². The first kappa shape index (κ1) is 11.9. The van der Waals surface area contributed by atoms with Crippen molar-refractivity contribution in [2.75, 3.05) is 5.32 Å². The highest BCUT2D eigenvalue weighted by molar-refractivity contribution is 6.04. The number of carbonyl (C=O) groups is 1. The van der Waals surface area contributed by atoms with E-state index in [0.29, 0.717) is 5.56 Å². The highest BCUT2D eigenvalue weighted by Gasteiger charge is 2.03. The van der Waals surface area contributed by atoms with E-state index < -0.39 is 0 Å². The summed E-state index contributed by atoms with van der Waals surface area (Å²) in [6.45, 7) is 0. The molecule has 82 valence electrons. The van der Waals surface area contributed by atoms with Crippen molar-refractivity contribution in [3.05, 3.63) is 66.2 Å². The van der Waals surface area contributed by atoms with Gasteiger partial charge >= 0.3 is 0 Å². The normalized spacial score (nSPS) is 9.00. The van der Waals surface area contributed by atoms with Gasteiger partial charge in [-0.1, -0.05) is 36.4 Å². The quantitative estimate of drug-likeness (QED) is 0.819. The minimum Gasteiger partial charge on any atom is -0.412 e. The number of amides is 1. The number of anilines is 1. The Balaban J connectivity index is 0.00000128. The molecule has 0 atom stereocenters. The zero-order valence-corrected chi connectivity index (χ0v) is 8.68. The van der Waals surface area contributed by atoms with Crippen LogP contribution < -0.4 is 5.32 Å². The lowest BCUT2D eigenvalue weighted by atomic mass is 10.2. The number of hydrogen-bond acceptors (Lipinski definition) is 1. The maximum absolute atomic E-state index is 11.7. The first-order valence-electron chi connectivity index (χ1n) is 4.78. The van der Waals surface area contributed by atoms with Gasteiger partial charge in [0.1, 0.15) is 0 Å². The zero-order valence-electron chi connectivity index (χ0n) is 8.68. The summed E-state index contributed by atoms with van der Waals surface area (Å²) in [5.41, 5.74) is 1.48. The molecule has 0 radical (unpaired) electrons. The number of hydrogen-bond donors (Lipinski definition) is 1. The van der Waals surface area contributed by atoms with Crippen LogP contribution in [0.3, 0.4) is 0 Å². The molecule has 0 aromatic heterocycles. The molecule has 2 aromatic rings. The molecule has 3 N–H and O–H groups in total. The zero-order chi connectivity index (χ0) is 10.5. The minimum atomic E-state index is -0.0817. The predicted octanol–water partition coefficient (Wildman–Crippen LogP) is 2.11. The maximum atomic E-state index is 11.7. The lowest BCUT2D eigenvalue weighted by molar-refractivity contribution is 0.102. The van der Waals surface area contributed by atoms with Crippen LogP contribution in [0.1, 0.15) is 10.4 Å². The van der Waals surface area contributed by atoms with Crippen molar-refractivity contribution in [3.8, 4) is 0 Å². The average molecular weight is 215 g/mol. The van der Waals surface area contributed by atoms with Gasteiger partial charge in [-0.15, -0.1) is 0 Å². The van der Waals surface area contributed by atoms with E-state index in [2.05, 4.69) is 5.32 Å². The predicted molar refractivity (Wildman–Crippen MR) is 64.5 cm³/mol. The number of rotatable bonds is 2. The summed E-state index contributed by atoms with van der Waals surface area (Å²) >= 11 is 0. The Morgan fingerprint density at radius 2 is 1.31 bits per heavy atom. The molecule has 2 rings (SSSR count). The largest absolute Gasteiger partial charge is 0.412 e. The highest BCUT2D eigenvalue weighted by Crippen LogP contribution is 2.07. The second kappa shape index (κ2) is 5.68. The van der Waals surface area contributed by atoms with E-state index in [1.54, 1.807) is 12.1 Å². The number of nitrogens with one attached hydrogen (secondary N) is 1. The summed E-state index contributed by atoms with van der Waals surface area (Å²) in [4.78, 5) is 11.7. The lowest BCUT2D eigenvalue weighted by Gasteiger charge is -2.03. The smallest absolute Gasteiger partial charge is 0.255 e. The lowest BCUT2D eigenvalue weighted by Crippen LogP contribution is -2.11. The van der Waals surface area contributed by atoms with Crippen molar-refractivity contribution in [2.45, 2.75) is 0 Å². The van der Waals surface area contributed by atoms with Crippen molar-refractivity contribution in [3.63, 3.8) is 0 Å². The van der Waals surface area contributed by atoms with Crippen molar-refractivity contribution in [1.82, 2.24) is 0 Å². The third-order valence-corrected chi connectivity index (χ3v) is 2.07. The van der Waals surface area contributed by atoms with Gasteiger partial charge < -0.3 is 10.8 Å². The number of para-hydroxylation sites is 1. The van der Waals surface area contributed by atoms with Gasteiger partial charge in [0, 0.05) is 11.3 Å². The van der Waals surface area contributed by atoms with Gasteiger partial charge in [0.2, 0.25) is 0 Å². The fraction of sp³-hybridized carbons (Fsp3) is 0. The van der Waals surface area contributed by atoms with Crippen LogP contribution in [0.25, 0.3) is 0 Å². The molecule has 0 bridgehead atoms. The Kier molecular flexibility index (Phi) is 4.24. The molecule has 0 heterocycles. The Morgan fingerprint density at radius 1 is 0.812 bits per heavy atom. The second-order valence-electron chi connectivity index (χ2n) is 3.19. The second-order valence-corrected chi connectivity index (χ2v) is 3.19. The van der Waals surface area contributed by atoms with E-state index in [0.717, 1.165) is 5.69 Å². The van der Waals surface area contributed by atoms with Gasteiger partial charge in [0.25, 0.3) is 5.91 Å². The van der Waals surface area contributed by atoms with E-state index in [1.807, 2.05) is 48.5 Å². The summed E-state index contributed by atoms with van der Waals surface area (Å²) in [5.74, 6) is -0.0817. The molecule has 0 aliphatic heterocycles. The van der Waals surface area contributed by atoms with Gasteiger partial charge in [-0.25, -0.2) is 0 Å². The fourth-order valence-electron chi connectivity index (χ4n) is 1.31. The van der Waals surface area contributed by atoms with Crippen LogP contribution in [0.5, 0.6) is 0 Å². The van der Waals surface area contributed by atoms with Gasteiger partial charge in [0.05, 0.1) is 0 Å². The van der Waals surface area contributed by atoms with Crippen molar-refractivity contribution >= 4 is 11.6 Å². The first-order chi connectivity index (χ1) is 7.36. The number of carbonyl (C=O) groups excluding carboxylic acids is 1. The molecule has 0 aliphatic rings. The highest BCUT2D eigenvalue weighted by atomic mass is 16.1. The summed E-state index contributed by atoms with van der Waals surface area (Å²) in [6.07, 6.45) is 0. The fourth-order valence-corrected chi connectivity index (χ4v) is 1.31. The molecule has 3 heteroatoms. The molecule has 1 amide bonds.